The van der Waals surface area contributed by atoms with Crippen LogP contribution in [0.25, 0.3) is 0 Å². The summed E-state index contributed by atoms with van der Waals surface area (Å²) in [5.41, 5.74) is 0.157. The highest BCUT2D eigenvalue weighted by Gasteiger charge is 2.34. The van der Waals surface area contributed by atoms with Gasteiger partial charge in [-0.3, -0.25) is 9.69 Å². The molecule has 1 aliphatic carbocycles. The first-order valence-corrected chi connectivity index (χ1v) is 11.8. The molecule has 3 atom stereocenters. The number of benzene rings is 1. The summed E-state index contributed by atoms with van der Waals surface area (Å²) in [4.78, 5) is 14.8. The second-order valence-corrected chi connectivity index (χ2v) is 10.0. The van der Waals surface area contributed by atoms with Crippen molar-refractivity contribution in [2.24, 2.45) is 5.92 Å². The number of carbonyl (C=O) groups is 1. The maximum atomic E-state index is 13.0. The topological polar surface area (TPSA) is 93.5 Å². The molecule has 1 N–H and O–H groups in total. The number of piperazine rings is 1. The second-order valence-electron chi connectivity index (χ2n) is 8.10. The maximum Gasteiger partial charge on any atom is 0.244 e. The van der Waals surface area contributed by atoms with Crippen molar-refractivity contribution in [3.63, 3.8) is 0 Å². The van der Waals surface area contributed by atoms with E-state index >= 15 is 0 Å². The molecule has 2 fully saturated rings. The van der Waals surface area contributed by atoms with Crippen LogP contribution in [0.15, 0.2) is 29.2 Å². The molecule has 7 nitrogen and oxygen atoms in total. The third kappa shape index (κ3) is 4.80. The average Bonchev–Trinajstić information content (AvgIpc) is 2.74. The summed E-state index contributed by atoms with van der Waals surface area (Å²) in [6.45, 7) is 5.67. The molecule has 2 aliphatic rings. The number of nitriles is 1. The summed E-state index contributed by atoms with van der Waals surface area (Å²) in [6.07, 6.45) is 4.57. The zero-order valence-corrected chi connectivity index (χ0v) is 18.0. The first-order chi connectivity index (χ1) is 13.8. The van der Waals surface area contributed by atoms with Crippen LogP contribution in [0.5, 0.6) is 0 Å². The van der Waals surface area contributed by atoms with Gasteiger partial charge in [0.05, 0.1) is 16.5 Å². The fraction of sp³-hybridized carbons (Fsp3) is 0.619. The van der Waals surface area contributed by atoms with E-state index in [4.69, 9.17) is 0 Å². The van der Waals surface area contributed by atoms with Gasteiger partial charge in [-0.15, -0.1) is 0 Å². The lowest BCUT2D eigenvalue weighted by Gasteiger charge is -2.38. The van der Waals surface area contributed by atoms with Crippen LogP contribution >= 0.6 is 0 Å². The highest BCUT2D eigenvalue weighted by molar-refractivity contribution is 7.89. The molecule has 8 heteroatoms. The lowest BCUT2D eigenvalue weighted by Crippen LogP contribution is -2.56. The summed E-state index contributed by atoms with van der Waals surface area (Å²) in [7, 11) is -3.72. The van der Waals surface area contributed by atoms with Gasteiger partial charge in [-0.05, 0) is 37.8 Å². The van der Waals surface area contributed by atoms with Crippen LogP contribution in [0.1, 0.15) is 45.1 Å². The number of carbonyl (C=O) groups excluding carboxylic acids is 1. The van der Waals surface area contributed by atoms with Gasteiger partial charge in [0.25, 0.3) is 0 Å². The zero-order chi connectivity index (χ0) is 21.0. The lowest BCUT2D eigenvalue weighted by molar-refractivity contribution is -0.127. The number of amides is 1. The monoisotopic (exact) mass is 418 g/mol. The molecule has 1 aliphatic heterocycles. The normalized spacial score (nSPS) is 25.1. The van der Waals surface area contributed by atoms with Gasteiger partial charge < -0.3 is 5.32 Å². The molecule has 0 radical (unpaired) electrons. The van der Waals surface area contributed by atoms with Crippen molar-refractivity contribution in [1.29, 1.82) is 5.26 Å². The lowest BCUT2D eigenvalue weighted by atomic mass is 9.86. The summed E-state index contributed by atoms with van der Waals surface area (Å²) in [6, 6.07) is 8.18. The van der Waals surface area contributed by atoms with Crippen LogP contribution in [0.3, 0.4) is 0 Å². The van der Waals surface area contributed by atoms with Crippen molar-refractivity contribution in [3.05, 3.63) is 29.8 Å². The molecule has 0 bridgehead atoms. The van der Waals surface area contributed by atoms with Gasteiger partial charge in [-0.2, -0.15) is 9.57 Å². The van der Waals surface area contributed by atoms with Gasteiger partial charge in [-0.25, -0.2) is 8.42 Å². The Labute approximate surface area is 173 Å². The van der Waals surface area contributed by atoms with Crippen molar-refractivity contribution in [2.75, 3.05) is 26.2 Å². The van der Waals surface area contributed by atoms with E-state index < -0.39 is 10.0 Å². The summed E-state index contributed by atoms with van der Waals surface area (Å²) >= 11 is 0. The van der Waals surface area contributed by atoms with Crippen molar-refractivity contribution in [3.8, 4) is 6.07 Å². The summed E-state index contributed by atoms with van der Waals surface area (Å²) < 4.78 is 27.3. The van der Waals surface area contributed by atoms with Gasteiger partial charge in [0.2, 0.25) is 15.9 Å². The Balaban J connectivity index is 1.59. The zero-order valence-electron chi connectivity index (χ0n) is 17.2. The SMILES string of the molecule is C[C@@H]1CCCC[C@H]1NC(=O)[C@@H](C)N1CCN(S(=O)(=O)c2ccccc2C#N)CC1. The van der Waals surface area contributed by atoms with Crippen LogP contribution in [0.2, 0.25) is 0 Å². The van der Waals surface area contributed by atoms with Crippen LogP contribution in [0.4, 0.5) is 0 Å². The number of nitrogens with one attached hydrogen (secondary N) is 1. The fourth-order valence-electron chi connectivity index (χ4n) is 4.25. The highest BCUT2D eigenvalue weighted by Crippen LogP contribution is 2.24. The molecule has 0 unspecified atom stereocenters. The minimum atomic E-state index is -3.72. The smallest absolute Gasteiger partial charge is 0.244 e. The Hall–Kier alpha value is -1.95. The minimum Gasteiger partial charge on any atom is -0.352 e. The van der Waals surface area contributed by atoms with E-state index in [2.05, 4.69) is 12.2 Å². The quantitative estimate of drug-likeness (QED) is 0.789. The van der Waals surface area contributed by atoms with E-state index in [1.807, 2.05) is 17.9 Å². The molecule has 1 saturated heterocycles. The number of hydrogen-bond donors (Lipinski definition) is 1. The number of nitrogens with zero attached hydrogens (tertiary/aromatic N) is 3. The Morgan fingerprint density at radius 1 is 1.17 bits per heavy atom. The minimum absolute atomic E-state index is 0.0230. The molecule has 158 valence electrons. The van der Waals surface area contributed by atoms with Crippen molar-refractivity contribution < 1.29 is 13.2 Å². The van der Waals surface area contributed by atoms with Crippen molar-refractivity contribution in [2.45, 2.75) is 56.5 Å². The summed E-state index contributed by atoms with van der Waals surface area (Å²) in [5, 5.41) is 12.4. The molecule has 29 heavy (non-hydrogen) atoms. The maximum absolute atomic E-state index is 13.0. The fourth-order valence-corrected chi connectivity index (χ4v) is 5.82. The molecular weight excluding hydrogens is 388 g/mol. The Morgan fingerprint density at radius 2 is 1.83 bits per heavy atom. The number of sulfonamides is 1. The van der Waals surface area contributed by atoms with Gasteiger partial charge in [-0.1, -0.05) is 31.9 Å². The third-order valence-electron chi connectivity index (χ3n) is 6.26. The Bertz CT molecular complexity index is 872. The molecule has 1 aromatic carbocycles. The van der Waals surface area contributed by atoms with E-state index in [0.717, 1.165) is 19.3 Å². The van der Waals surface area contributed by atoms with E-state index in [-0.39, 0.29) is 28.4 Å². The molecule has 3 rings (SSSR count). The molecule has 1 amide bonds. The molecule has 1 heterocycles. The van der Waals surface area contributed by atoms with Crippen molar-refractivity contribution >= 4 is 15.9 Å². The molecule has 0 spiro atoms. The summed E-state index contributed by atoms with van der Waals surface area (Å²) in [5.74, 6) is 0.525. The number of hydrogen-bond acceptors (Lipinski definition) is 5. The van der Waals surface area contributed by atoms with E-state index in [9.17, 15) is 18.5 Å². The van der Waals surface area contributed by atoms with Crippen LogP contribution in [-0.2, 0) is 14.8 Å². The van der Waals surface area contributed by atoms with E-state index in [1.54, 1.807) is 12.1 Å². The molecule has 1 saturated carbocycles. The van der Waals surface area contributed by atoms with Crippen LogP contribution < -0.4 is 5.32 Å². The number of rotatable bonds is 5. The van der Waals surface area contributed by atoms with Gasteiger partial charge in [0.15, 0.2) is 0 Å². The van der Waals surface area contributed by atoms with Gasteiger partial charge in [0.1, 0.15) is 6.07 Å². The van der Waals surface area contributed by atoms with Crippen LogP contribution in [-0.4, -0.2) is 61.8 Å². The predicted octanol–water partition coefficient (Wildman–Crippen LogP) is 1.95. The highest BCUT2D eigenvalue weighted by atomic mass is 32.2. The standard InChI is InChI=1S/C21H30N4O3S/c1-16-7-3-5-9-19(16)23-21(26)17(2)24-11-13-25(14-12-24)29(27,28)20-10-6-4-8-18(20)15-22/h4,6,8,10,16-17,19H,3,5,7,9,11-14H2,1-2H3,(H,23,26)/t16-,17-,19-/m1/s1. The second kappa shape index (κ2) is 9.24. The molecule has 1 aromatic rings. The average molecular weight is 419 g/mol. The Morgan fingerprint density at radius 3 is 2.48 bits per heavy atom. The first kappa shape index (κ1) is 21.8. The van der Waals surface area contributed by atoms with Crippen LogP contribution in [0, 0.1) is 17.2 Å². The van der Waals surface area contributed by atoms with Crippen molar-refractivity contribution in [1.82, 2.24) is 14.5 Å². The molecule has 0 aromatic heterocycles. The van der Waals surface area contributed by atoms with E-state index in [1.165, 1.54) is 22.9 Å². The third-order valence-corrected chi connectivity index (χ3v) is 8.22. The van der Waals surface area contributed by atoms with E-state index in [0.29, 0.717) is 32.1 Å². The predicted molar refractivity (Wildman–Crippen MR) is 111 cm³/mol. The first-order valence-electron chi connectivity index (χ1n) is 10.4. The van der Waals surface area contributed by atoms with Gasteiger partial charge in [0, 0.05) is 32.2 Å². The molecular formula is C21H30N4O3S. The Kier molecular flexibility index (Phi) is 6.93. The van der Waals surface area contributed by atoms with Gasteiger partial charge >= 0.3 is 0 Å². The largest absolute Gasteiger partial charge is 0.352 e.